The lowest BCUT2D eigenvalue weighted by molar-refractivity contribution is 0.894. The molecule has 2 aromatic heterocycles. The molecule has 0 atom stereocenters. The quantitative estimate of drug-likeness (QED) is 0.190. The standard InChI is InChI=1S/C22H20BrN3S/c1-2-3-13-27-22-20-19(16-7-5-4-6-8-16)14-26(21(20)24-15-25-22)18-11-9-17(23)10-12-18/h4-12,14-15H,2-3,13H2,1H3. The van der Waals surface area contributed by atoms with Crippen LogP contribution in [0.2, 0.25) is 0 Å². The van der Waals surface area contributed by atoms with E-state index in [1.165, 1.54) is 24.0 Å². The summed E-state index contributed by atoms with van der Waals surface area (Å²) in [6, 6.07) is 18.8. The SMILES string of the molecule is CCCCSc1ncnc2c1c(-c1ccccc1)cn2-c1ccc(Br)cc1. The second-order valence-corrected chi connectivity index (χ2v) is 8.33. The van der Waals surface area contributed by atoms with Crippen LogP contribution in [0.25, 0.3) is 27.8 Å². The maximum Gasteiger partial charge on any atom is 0.149 e. The van der Waals surface area contributed by atoms with Crippen LogP contribution in [0.5, 0.6) is 0 Å². The van der Waals surface area contributed by atoms with E-state index in [4.69, 9.17) is 0 Å². The van der Waals surface area contributed by atoms with Gasteiger partial charge in [-0.05, 0) is 42.0 Å². The molecule has 0 bridgehead atoms. The summed E-state index contributed by atoms with van der Waals surface area (Å²) < 4.78 is 3.23. The van der Waals surface area contributed by atoms with E-state index in [1.807, 2.05) is 17.8 Å². The maximum atomic E-state index is 4.64. The Labute approximate surface area is 172 Å². The smallest absolute Gasteiger partial charge is 0.149 e. The van der Waals surface area contributed by atoms with Gasteiger partial charge >= 0.3 is 0 Å². The average molecular weight is 438 g/mol. The number of aromatic nitrogens is 3. The van der Waals surface area contributed by atoms with Gasteiger partial charge in [-0.15, -0.1) is 11.8 Å². The molecule has 4 aromatic rings. The zero-order valence-corrected chi connectivity index (χ0v) is 17.5. The number of thioether (sulfide) groups is 1. The van der Waals surface area contributed by atoms with Crippen molar-refractivity contribution in [2.75, 3.05) is 5.75 Å². The van der Waals surface area contributed by atoms with Gasteiger partial charge in [0.15, 0.2) is 0 Å². The van der Waals surface area contributed by atoms with Crippen molar-refractivity contribution in [3.8, 4) is 16.8 Å². The summed E-state index contributed by atoms with van der Waals surface area (Å²) in [6.45, 7) is 2.22. The fraction of sp³-hybridized carbons (Fsp3) is 0.182. The molecule has 0 aliphatic rings. The van der Waals surface area contributed by atoms with Crippen LogP contribution >= 0.6 is 27.7 Å². The van der Waals surface area contributed by atoms with E-state index < -0.39 is 0 Å². The fourth-order valence-electron chi connectivity index (χ4n) is 3.09. The van der Waals surface area contributed by atoms with E-state index >= 15 is 0 Å². The molecule has 3 nitrogen and oxygen atoms in total. The monoisotopic (exact) mass is 437 g/mol. The molecule has 5 heteroatoms. The Balaban J connectivity index is 1.92. The van der Waals surface area contributed by atoms with Crippen molar-refractivity contribution in [2.24, 2.45) is 0 Å². The van der Waals surface area contributed by atoms with Crippen LogP contribution in [0.3, 0.4) is 0 Å². The van der Waals surface area contributed by atoms with Crippen molar-refractivity contribution in [1.29, 1.82) is 0 Å². The highest BCUT2D eigenvalue weighted by atomic mass is 79.9. The third-order valence-electron chi connectivity index (χ3n) is 4.47. The minimum absolute atomic E-state index is 0.949. The molecule has 0 saturated carbocycles. The molecule has 2 aromatic carbocycles. The second kappa shape index (κ2) is 8.28. The Morgan fingerprint density at radius 1 is 1.00 bits per heavy atom. The predicted octanol–water partition coefficient (Wildman–Crippen LogP) is 6.74. The zero-order valence-electron chi connectivity index (χ0n) is 15.1. The van der Waals surface area contributed by atoms with Crippen molar-refractivity contribution >= 4 is 38.7 Å². The highest BCUT2D eigenvalue weighted by molar-refractivity contribution is 9.10. The van der Waals surface area contributed by atoms with Crippen molar-refractivity contribution in [1.82, 2.24) is 14.5 Å². The van der Waals surface area contributed by atoms with E-state index in [1.54, 1.807) is 6.33 Å². The second-order valence-electron chi connectivity index (χ2n) is 6.33. The molecule has 0 radical (unpaired) electrons. The van der Waals surface area contributed by atoms with Gasteiger partial charge in [0.25, 0.3) is 0 Å². The van der Waals surface area contributed by atoms with Crippen molar-refractivity contribution < 1.29 is 0 Å². The Kier molecular flexibility index (Phi) is 5.60. The van der Waals surface area contributed by atoms with Gasteiger partial charge in [0.1, 0.15) is 17.0 Å². The lowest BCUT2D eigenvalue weighted by Crippen LogP contribution is -1.95. The summed E-state index contributed by atoms with van der Waals surface area (Å²) in [6.07, 6.45) is 6.24. The molecule has 0 N–H and O–H groups in total. The molecular formula is C22H20BrN3S. The Morgan fingerprint density at radius 3 is 2.52 bits per heavy atom. The number of halogens is 1. The van der Waals surface area contributed by atoms with Gasteiger partial charge in [-0.3, -0.25) is 0 Å². The van der Waals surface area contributed by atoms with Gasteiger partial charge in [-0.1, -0.05) is 59.6 Å². The van der Waals surface area contributed by atoms with Crippen molar-refractivity contribution in [3.05, 3.63) is 71.6 Å². The number of hydrogen-bond acceptors (Lipinski definition) is 3. The maximum absolute atomic E-state index is 4.64. The third kappa shape index (κ3) is 3.80. The highest BCUT2D eigenvalue weighted by Crippen LogP contribution is 2.37. The molecule has 0 amide bonds. The van der Waals surface area contributed by atoms with Gasteiger partial charge in [0.2, 0.25) is 0 Å². The number of rotatable bonds is 6. The average Bonchev–Trinajstić information content (AvgIpc) is 3.10. The number of nitrogens with zero attached hydrogens (tertiary/aromatic N) is 3. The summed E-state index contributed by atoms with van der Waals surface area (Å²) in [4.78, 5) is 9.26. The van der Waals surface area contributed by atoms with Crippen molar-refractivity contribution in [2.45, 2.75) is 24.8 Å². The van der Waals surface area contributed by atoms with Crippen molar-refractivity contribution in [3.63, 3.8) is 0 Å². The normalized spacial score (nSPS) is 11.2. The first kappa shape index (κ1) is 18.3. The summed E-state index contributed by atoms with van der Waals surface area (Å²) in [5, 5.41) is 2.19. The summed E-state index contributed by atoms with van der Waals surface area (Å²) >= 11 is 5.34. The van der Waals surface area contributed by atoms with Crippen LogP contribution in [0.15, 0.2) is 76.6 Å². The number of benzene rings is 2. The molecule has 27 heavy (non-hydrogen) atoms. The van der Waals surface area contributed by atoms with Crippen LogP contribution in [-0.2, 0) is 0 Å². The van der Waals surface area contributed by atoms with Gasteiger partial charge in [-0.25, -0.2) is 9.97 Å². The van der Waals surface area contributed by atoms with E-state index in [0.717, 1.165) is 32.0 Å². The molecule has 0 spiro atoms. The first-order valence-electron chi connectivity index (χ1n) is 9.08. The van der Waals surface area contributed by atoms with Crippen LogP contribution in [-0.4, -0.2) is 20.3 Å². The van der Waals surface area contributed by atoms with Gasteiger partial charge in [0.05, 0.1) is 5.39 Å². The lowest BCUT2D eigenvalue weighted by Gasteiger charge is -2.06. The molecule has 0 aliphatic carbocycles. The molecule has 0 unspecified atom stereocenters. The van der Waals surface area contributed by atoms with E-state index in [2.05, 4.69) is 92.1 Å². The van der Waals surface area contributed by atoms with Crippen LogP contribution in [0, 0.1) is 0 Å². The topological polar surface area (TPSA) is 30.7 Å². The van der Waals surface area contributed by atoms with E-state index in [9.17, 15) is 0 Å². The zero-order chi connectivity index (χ0) is 18.6. The Morgan fingerprint density at radius 2 is 1.78 bits per heavy atom. The van der Waals surface area contributed by atoms with E-state index in [0.29, 0.717) is 0 Å². The molecular weight excluding hydrogens is 418 g/mol. The fourth-order valence-corrected chi connectivity index (χ4v) is 4.45. The minimum Gasteiger partial charge on any atom is -0.301 e. The van der Waals surface area contributed by atoms with Gasteiger partial charge in [0, 0.05) is 21.9 Å². The van der Waals surface area contributed by atoms with Crippen LogP contribution < -0.4 is 0 Å². The highest BCUT2D eigenvalue weighted by Gasteiger charge is 2.17. The molecule has 0 fully saturated rings. The Hall–Kier alpha value is -2.11. The summed E-state index contributed by atoms with van der Waals surface area (Å²) in [5.74, 6) is 1.07. The molecule has 0 saturated heterocycles. The Bertz CT molecular complexity index is 1040. The first-order valence-corrected chi connectivity index (χ1v) is 10.9. The predicted molar refractivity (Wildman–Crippen MR) is 118 cm³/mol. The third-order valence-corrected chi connectivity index (χ3v) is 6.08. The summed E-state index contributed by atoms with van der Waals surface area (Å²) in [7, 11) is 0. The van der Waals surface area contributed by atoms with Gasteiger partial charge in [-0.2, -0.15) is 0 Å². The van der Waals surface area contributed by atoms with Crippen LogP contribution in [0.4, 0.5) is 0 Å². The molecule has 4 rings (SSSR count). The number of unbranched alkanes of at least 4 members (excludes halogenated alkanes) is 1. The first-order chi connectivity index (χ1) is 13.3. The largest absolute Gasteiger partial charge is 0.301 e. The number of hydrogen-bond donors (Lipinski definition) is 0. The lowest BCUT2D eigenvalue weighted by atomic mass is 10.1. The molecule has 0 aliphatic heterocycles. The van der Waals surface area contributed by atoms with Gasteiger partial charge < -0.3 is 4.57 Å². The molecule has 136 valence electrons. The molecule has 2 heterocycles. The summed E-state index contributed by atoms with van der Waals surface area (Å²) in [5.41, 5.74) is 4.40. The number of fused-ring (bicyclic) bond motifs is 1. The van der Waals surface area contributed by atoms with Crippen LogP contribution in [0.1, 0.15) is 19.8 Å². The minimum atomic E-state index is 0.949. The van der Waals surface area contributed by atoms with E-state index in [-0.39, 0.29) is 0 Å².